The molecule has 1 aromatic rings. The van der Waals surface area contributed by atoms with Crippen LogP contribution in [0.5, 0.6) is 0 Å². The molecule has 0 spiro atoms. The van der Waals surface area contributed by atoms with Gasteiger partial charge in [0.1, 0.15) is 11.6 Å². The number of hydrogen-bond acceptors (Lipinski definition) is 2. The van der Waals surface area contributed by atoms with E-state index in [2.05, 4.69) is 5.32 Å². The second-order valence-corrected chi connectivity index (χ2v) is 4.31. The molecular weight excluding hydrogens is 210 g/mol. The van der Waals surface area contributed by atoms with Crippen molar-refractivity contribution < 1.29 is 8.78 Å². The third-order valence-corrected chi connectivity index (χ3v) is 2.92. The first-order valence-electron chi connectivity index (χ1n) is 5.59. The van der Waals surface area contributed by atoms with Crippen LogP contribution < -0.4 is 11.1 Å². The van der Waals surface area contributed by atoms with Gasteiger partial charge in [-0.3, -0.25) is 0 Å². The molecule has 0 bridgehead atoms. The molecule has 0 amide bonds. The maximum atomic E-state index is 13.5. The van der Waals surface area contributed by atoms with Gasteiger partial charge in [-0.1, -0.05) is 0 Å². The van der Waals surface area contributed by atoms with Crippen molar-refractivity contribution in [3.8, 4) is 0 Å². The molecule has 1 fully saturated rings. The molecule has 0 heterocycles. The Morgan fingerprint density at radius 3 is 2.75 bits per heavy atom. The average molecular weight is 226 g/mol. The number of nitrogens with one attached hydrogen (secondary N) is 1. The van der Waals surface area contributed by atoms with Gasteiger partial charge in [0, 0.05) is 18.2 Å². The Morgan fingerprint density at radius 1 is 1.38 bits per heavy atom. The minimum atomic E-state index is -0.428. The smallest absolute Gasteiger partial charge is 0.128 e. The number of nitrogens with two attached hydrogens (primary N) is 1. The number of rotatable bonds is 5. The van der Waals surface area contributed by atoms with Gasteiger partial charge >= 0.3 is 0 Å². The van der Waals surface area contributed by atoms with E-state index in [1.165, 1.54) is 18.9 Å². The van der Waals surface area contributed by atoms with E-state index in [0.29, 0.717) is 11.5 Å². The molecule has 1 saturated carbocycles. The van der Waals surface area contributed by atoms with Crippen LogP contribution in [0.4, 0.5) is 8.78 Å². The summed E-state index contributed by atoms with van der Waals surface area (Å²) in [6, 6.07) is 3.18. The molecule has 2 rings (SSSR count). The summed E-state index contributed by atoms with van der Waals surface area (Å²) in [5, 5.41) is 3.18. The summed E-state index contributed by atoms with van der Waals surface area (Å²) < 4.78 is 26.5. The van der Waals surface area contributed by atoms with Crippen molar-refractivity contribution >= 4 is 0 Å². The molecule has 4 heteroatoms. The van der Waals surface area contributed by atoms with Crippen molar-refractivity contribution in [1.82, 2.24) is 5.32 Å². The van der Waals surface area contributed by atoms with E-state index in [1.54, 1.807) is 0 Å². The van der Waals surface area contributed by atoms with E-state index < -0.39 is 11.6 Å². The van der Waals surface area contributed by atoms with Gasteiger partial charge in [-0.25, -0.2) is 8.78 Å². The minimum absolute atomic E-state index is 0.271. The minimum Gasteiger partial charge on any atom is -0.329 e. The topological polar surface area (TPSA) is 38.0 Å². The van der Waals surface area contributed by atoms with Crippen LogP contribution in [-0.4, -0.2) is 13.1 Å². The van der Waals surface area contributed by atoms with E-state index in [0.717, 1.165) is 18.7 Å². The lowest BCUT2D eigenvalue weighted by Gasteiger charge is -2.17. The van der Waals surface area contributed by atoms with E-state index >= 15 is 0 Å². The third kappa shape index (κ3) is 2.77. The Bertz CT molecular complexity index is 364. The van der Waals surface area contributed by atoms with Gasteiger partial charge in [0.25, 0.3) is 0 Å². The number of benzene rings is 1. The zero-order valence-corrected chi connectivity index (χ0v) is 9.05. The van der Waals surface area contributed by atoms with Crippen LogP contribution in [0.3, 0.4) is 0 Å². The van der Waals surface area contributed by atoms with Gasteiger partial charge in [0.05, 0.1) is 0 Å². The zero-order valence-electron chi connectivity index (χ0n) is 9.05. The molecule has 0 radical (unpaired) electrons. The second kappa shape index (κ2) is 4.89. The largest absolute Gasteiger partial charge is 0.329 e. The van der Waals surface area contributed by atoms with Gasteiger partial charge in [0.2, 0.25) is 0 Å². The normalized spacial score (nSPS) is 17.4. The van der Waals surface area contributed by atoms with Crippen LogP contribution in [0.1, 0.15) is 24.4 Å². The fourth-order valence-electron chi connectivity index (χ4n) is 1.73. The molecule has 1 unspecified atom stereocenters. The molecule has 2 nitrogen and oxygen atoms in total. The summed E-state index contributed by atoms with van der Waals surface area (Å²) in [5.74, 6) is -0.145. The van der Waals surface area contributed by atoms with Crippen LogP contribution in [0, 0.1) is 17.6 Å². The highest BCUT2D eigenvalue weighted by Gasteiger charge is 2.23. The van der Waals surface area contributed by atoms with E-state index in [-0.39, 0.29) is 12.6 Å². The van der Waals surface area contributed by atoms with Crippen molar-refractivity contribution in [2.24, 2.45) is 11.7 Å². The summed E-state index contributed by atoms with van der Waals surface area (Å²) in [5.41, 5.74) is 5.90. The fourth-order valence-corrected chi connectivity index (χ4v) is 1.73. The van der Waals surface area contributed by atoms with Crippen LogP contribution >= 0.6 is 0 Å². The molecule has 16 heavy (non-hydrogen) atoms. The molecule has 0 aromatic heterocycles. The van der Waals surface area contributed by atoms with Crippen molar-refractivity contribution in [2.75, 3.05) is 13.1 Å². The molecule has 1 atom stereocenters. The molecule has 3 N–H and O–H groups in total. The molecule has 1 aliphatic carbocycles. The quantitative estimate of drug-likeness (QED) is 0.805. The van der Waals surface area contributed by atoms with Gasteiger partial charge in [0.15, 0.2) is 0 Å². The highest BCUT2D eigenvalue weighted by Crippen LogP contribution is 2.28. The Balaban J connectivity index is 2.07. The average Bonchev–Trinajstić information content (AvgIpc) is 3.07. The zero-order chi connectivity index (χ0) is 11.5. The highest BCUT2D eigenvalue weighted by molar-refractivity contribution is 5.22. The summed E-state index contributed by atoms with van der Waals surface area (Å²) >= 11 is 0. The van der Waals surface area contributed by atoms with Crippen LogP contribution in [-0.2, 0) is 0 Å². The van der Waals surface area contributed by atoms with E-state index in [9.17, 15) is 8.78 Å². The first-order valence-corrected chi connectivity index (χ1v) is 5.59. The summed E-state index contributed by atoms with van der Waals surface area (Å²) in [6.45, 7) is 1.10. The number of hydrogen-bond donors (Lipinski definition) is 2. The van der Waals surface area contributed by atoms with Crippen molar-refractivity contribution in [2.45, 2.75) is 18.9 Å². The predicted molar refractivity (Wildman–Crippen MR) is 58.9 cm³/mol. The van der Waals surface area contributed by atoms with Gasteiger partial charge in [-0.2, -0.15) is 0 Å². The van der Waals surface area contributed by atoms with Crippen LogP contribution in [0.2, 0.25) is 0 Å². The Morgan fingerprint density at radius 2 is 2.12 bits per heavy atom. The molecule has 1 aromatic carbocycles. The summed E-state index contributed by atoms with van der Waals surface area (Å²) in [6.07, 6.45) is 2.44. The van der Waals surface area contributed by atoms with Gasteiger partial charge < -0.3 is 11.1 Å². The van der Waals surface area contributed by atoms with Crippen molar-refractivity contribution in [3.63, 3.8) is 0 Å². The standard InChI is InChI=1S/C12H16F2N2/c13-9-3-4-11(14)10(5-9)12(6-15)16-7-8-1-2-8/h3-5,8,12,16H,1-2,6-7,15H2. The van der Waals surface area contributed by atoms with Crippen LogP contribution in [0.15, 0.2) is 18.2 Å². The molecular formula is C12H16F2N2. The van der Waals surface area contributed by atoms with E-state index in [4.69, 9.17) is 5.73 Å². The Hall–Kier alpha value is -1.00. The number of halogens is 2. The first-order chi connectivity index (χ1) is 7.70. The first kappa shape index (κ1) is 11.5. The van der Waals surface area contributed by atoms with E-state index in [1.807, 2.05) is 0 Å². The SMILES string of the molecule is NCC(NCC1CC1)c1cc(F)ccc1F. The lowest BCUT2D eigenvalue weighted by atomic mass is 10.1. The Labute approximate surface area is 93.8 Å². The highest BCUT2D eigenvalue weighted by atomic mass is 19.1. The molecule has 88 valence electrons. The second-order valence-electron chi connectivity index (χ2n) is 4.31. The van der Waals surface area contributed by atoms with Crippen molar-refractivity contribution in [1.29, 1.82) is 0 Å². The lowest BCUT2D eigenvalue weighted by Crippen LogP contribution is -2.30. The van der Waals surface area contributed by atoms with Gasteiger partial charge in [-0.15, -0.1) is 0 Å². The van der Waals surface area contributed by atoms with Crippen molar-refractivity contribution in [3.05, 3.63) is 35.4 Å². The predicted octanol–water partition coefficient (Wildman–Crippen LogP) is 1.96. The van der Waals surface area contributed by atoms with Gasteiger partial charge in [-0.05, 0) is 43.5 Å². The maximum Gasteiger partial charge on any atom is 0.128 e. The third-order valence-electron chi connectivity index (χ3n) is 2.92. The Kier molecular flexibility index (Phi) is 3.51. The molecule has 0 aliphatic heterocycles. The molecule has 0 saturated heterocycles. The monoisotopic (exact) mass is 226 g/mol. The lowest BCUT2D eigenvalue weighted by molar-refractivity contribution is 0.488. The maximum absolute atomic E-state index is 13.5. The molecule has 1 aliphatic rings. The summed E-state index contributed by atoms with van der Waals surface area (Å²) in [7, 11) is 0. The fraction of sp³-hybridized carbons (Fsp3) is 0.500. The van der Waals surface area contributed by atoms with Crippen LogP contribution in [0.25, 0.3) is 0 Å². The summed E-state index contributed by atoms with van der Waals surface area (Å²) in [4.78, 5) is 0.